The molecule has 1 aliphatic rings. The number of carbonyl (C=O) groups is 4. The Morgan fingerprint density at radius 2 is 1.40 bits per heavy atom. The second-order valence-corrected chi connectivity index (χ2v) is 14.8. The third-order valence-electron chi connectivity index (χ3n) is 7.45. The number of hydrogen-bond donors (Lipinski definition) is 5. The molecule has 0 aliphatic carbocycles. The molecule has 7 atom stereocenters. The van der Waals surface area contributed by atoms with Gasteiger partial charge in [0, 0.05) is 0 Å². The molecule has 2 aromatic carbocycles. The highest BCUT2D eigenvalue weighted by molar-refractivity contribution is 5.86. The van der Waals surface area contributed by atoms with Gasteiger partial charge in [0.1, 0.15) is 35.5 Å². The lowest BCUT2D eigenvalue weighted by molar-refractivity contribution is -0.263. The van der Waals surface area contributed by atoms with Crippen LogP contribution in [0, 0.1) is 5.92 Å². The second-order valence-electron chi connectivity index (χ2n) is 14.8. The van der Waals surface area contributed by atoms with Crippen molar-refractivity contribution in [3.8, 4) is 0 Å². The van der Waals surface area contributed by atoms with Crippen LogP contribution in [-0.2, 0) is 39.9 Å². The van der Waals surface area contributed by atoms with Crippen molar-refractivity contribution in [1.82, 2.24) is 16.0 Å². The Morgan fingerprint density at radius 3 is 1.96 bits per heavy atom. The first-order valence-corrected chi connectivity index (χ1v) is 16.9. The number of rotatable bonds is 13. The zero-order valence-electron chi connectivity index (χ0n) is 30.2. The van der Waals surface area contributed by atoms with Crippen molar-refractivity contribution < 1.29 is 48.3 Å². The molecular weight excluding hydrogens is 646 g/mol. The fourth-order valence-corrected chi connectivity index (χ4v) is 5.29. The molecule has 13 nitrogen and oxygen atoms in total. The molecule has 1 aliphatic heterocycles. The summed E-state index contributed by atoms with van der Waals surface area (Å²) in [5.41, 5.74) is -0.213. The lowest BCUT2D eigenvalue weighted by Gasteiger charge is -2.42. The van der Waals surface area contributed by atoms with Gasteiger partial charge >= 0.3 is 12.1 Å². The topological polar surface area (TPSA) is 182 Å². The molecule has 13 heteroatoms. The van der Waals surface area contributed by atoms with Gasteiger partial charge in [0.25, 0.3) is 5.91 Å². The lowest BCUT2D eigenvalue weighted by atomic mass is 9.94. The second kappa shape index (κ2) is 17.8. The molecule has 1 fully saturated rings. The highest BCUT2D eigenvalue weighted by Gasteiger charge is 2.49. The van der Waals surface area contributed by atoms with E-state index in [4.69, 9.17) is 18.9 Å². The maximum atomic E-state index is 13.8. The average Bonchev–Trinajstić information content (AvgIpc) is 3.01. The number of nitrogens with one attached hydrogen (secondary N) is 3. The lowest BCUT2D eigenvalue weighted by Crippen LogP contribution is -2.68. The molecule has 1 saturated heterocycles. The quantitative estimate of drug-likeness (QED) is 0.194. The van der Waals surface area contributed by atoms with Gasteiger partial charge in [-0.1, -0.05) is 74.5 Å². The van der Waals surface area contributed by atoms with E-state index in [1.807, 2.05) is 32.0 Å². The zero-order chi connectivity index (χ0) is 37.2. The average molecular weight is 700 g/mol. The summed E-state index contributed by atoms with van der Waals surface area (Å²) in [5.74, 6) is -2.08. The Balaban J connectivity index is 1.86. The molecule has 276 valence electrons. The van der Waals surface area contributed by atoms with Crippen molar-refractivity contribution in [2.24, 2.45) is 5.92 Å². The fourth-order valence-electron chi connectivity index (χ4n) is 5.29. The maximum absolute atomic E-state index is 13.8. The third-order valence-corrected chi connectivity index (χ3v) is 7.45. The van der Waals surface area contributed by atoms with Crippen LogP contribution in [0.25, 0.3) is 0 Å². The molecule has 1 heterocycles. The molecule has 2 aromatic rings. The third kappa shape index (κ3) is 13.0. The van der Waals surface area contributed by atoms with Crippen LogP contribution in [0.2, 0.25) is 0 Å². The van der Waals surface area contributed by atoms with Gasteiger partial charge in [0.05, 0.1) is 19.1 Å². The van der Waals surface area contributed by atoms with E-state index < -0.39 is 77.8 Å². The van der Waals surface area contributed by atoms with Crippen LogP contribution in [0.1, 0.15) is 85.4 Å². The van der Waals surface area contributed by atoms with Crippen molar-refractivity contribution in [2.75, 3.05) is 0 Å². The molecule has 0 radical (unpaired) electrons. The minimum absolute atomic E-state index is 0.0183. The number of esters is 1. The predicted octanol–water partition coefficient (Wildman–Crippen LogP) is 3.66. The first-order valence-electron chi connectivity index (χ1n) is 16.9. The van der Waals surface area contributed by atoms with Crippen LogP contribution in [0.15, 0.2) is 60.7 Å². The molecule has 0 unspecified atom stereocenters. The Hall–Kier alpha value is -4.04. The molecule has 3 amide bonds. The van der Waals surface area contributed by atoms with E-state index in [0.29, 0.717) is 5.56 Å². The van der Waals surface area contributed by atoms with E-state index >= 15 is 0 Å². The summed E-state index contributed by atoms with van der Waals surface area (Å²) >= 11 is 0. The van der Waals surface area contributed by atoms with Crippen molar-refractivity contribution in [3.05, 3.63) is 71.8 Å². The van der Waals surface area contributed by atoms with E-state index in [1.165, 1.54) is 0 Å². The standard InChI is InChI=1S/C37H53N3O10/c1-22(2)19-26(39-35(46)50-37(6,7)8)32(44)40-28-29(42)30(43)31(48-34(28)47-21-23-15-11-9-12-16-23)33(45)38-25(24-17-13-10-14-18-24)20-27(41)49-36(3,4)5/h9-18,22,25-26,28-31,34,42-43H,19-21H2,1-8H3,(H,38,45)(H,39,46)(H,40,44)/t25-,26-,28+,29+,30-,31-,34-/m0/s1. The first kappa shape index (κ1) is 40.4. The summed E-state index contributed by atoms with van der Waals surface area (Å²) in [6, 6.07) is 14.5. The van der Waals surface area contributed by atoms with Gasteiger partial charge in [-0.25, -0.2) is 4.79 Å². The number of amides is 3. The first-order chi connectivity index (χ1) is 23.3. The largest absolute Gasteiger partial charge is 0.460 e. The van der Waals surface area contributed by atoms with Gasteiger partial charge in [-0.3, -0.25) is 14.4 Å². The number of alkyl carbamates (subject to hydrolysis) is 1. The van der Waals surface area contributed by atoms with Crippen molar-refractivity contribution in [2.45, 2.75) is 129 Å². The van der Waals surface area contributed by atoms with Gasteiger partial charge in [0.15, 0.2) is 12.4 Å². The summed E-state index contributed by atoms with van der Waals surface area (Å²) in [6.07, 6.45) is -7.43. The zero-order valence-corrected chi connectivity index (χ0v) is 30.2. The van der Waals surface area contributed by atoms with Crippen LogP contribution in [0.5, 0.6) is 0 Å². The SMILES string of the molecule is CC(C)C[C@H](NC(=O)OC(C)(C)C)C(=O)N[C@H]1[C@@H](OCc2ccccc2)O[C@H](C(=O)N[C@@H](CC(=O)OC(C)(C)C)c2ccccc2)[C@@H](O)[C@@H]1O. The molecule has 5 N–H and O–H groups in total. The van der Waals surface area contributed by atoms with Gasteiger partial charge < -0.3 is 45.1 Å². The van der Waals surface area contributed by atoms with Crippen LogP contribution in [0.3, 0.4) is 0 Å². The molecule has 50 heavy (non-hydrogen) atoms. The number of carbonyl (C=O) groups excluding carboxylic acids is 4. The van der Waals surface area contributed by atoms with Gasteiger partial charge in [-0.2, -0.15) is 0 Å². The number of ether oxygens (including phenoxy) is 4. The van der Waals surface area contributed by atoms with E-state index in [1.54, 1.807) is 84.0 Å². The summed E-state index contributed by atoms with van der Waals surface area (Å²) in [6.45, 7) is 14.0. The Morgan fingerprint density at radius 1 is 0.820 bits per heavy atom. The number of benzene rings is 2. The minimum Gasteiger partial charge on any atom is -0.460 e. The molecule has 0 bridgehead atoms. The number of hydrogen-bond acceptors (Lipinski definition) is 10. The summed E-state index contributed by atoms with van der Waals surface area (Å²) in [5, 5.41) is 30.7. The molecule has 0 spiro atoms. The molecule has 3 rings (SSSR count). The smallest absolute Gasteiger partial charge is 0.408 e. The normalized spacial score (nSPS) is 22.2. The van der Waals surface area contributed by atoms with Gasteiger partial charge in [-0.05, 0) is 65.0 Å². The minimum atomic E-state index is -1.82. The van der Waals surface area contributed by atoms with Gasteiger partial charge in [0.2, 0.25) is 5.91 Å². The monoisotopic (exact) mass is 699 g/mol. The van der Waals surface area contributed by atoms with Crippen molar-refractivity contribution in [3.63, 3.8) is 0 Å². The van der Waals surface area contributed by atoms with Gasteiger partial charge in [-0.15, -0.1) is 0 Å². The predicted molar refractivity (Wildman–Crippen MR) is 184 cm³/mol. The molecule has 0 aromatic heterocycles. The van der Waals surface area contributed by atoms with Crippen LogP contribution >= 0.6 is 0 Å². The molecular formula is C37H53N3O10. The van der Waals surface area contributed by atoms with E-state index in [-0.39, 0.29) is 25.4 Å². The van der Waals surface area contributed by atoms with Crippen LogP contribution in [-0.4, -0.2) is 82.0 Å². The summed E-state index contributed by atoms with van der Waals surface area (Å²) in [4.78, 5) is 52.8. The van der Waals surface area contributed by atoms with Crippen molar-refractivity contribution in [1.29, 1.82) is 0 Å². The van der Waals surface area contributed by atoms with E-state index in [2.05, 4.69) is 16.0 Å². The maximum Gasteiger partial charge on any atom is 0.408 e. The Labute approximate surface area is 294 Å². The Kier molecular flexibility index (Phi) is 14.3. The highest BCUT2D eigenvalue weighted by Crippen LogP contribution is 2.26. The Bertz CT molecular complexity index is 1410. The molecule has 0 saturated carbocycles. The van der Waals surface area contributed by atoms with E-state index in [0.717, 1.165) is 5.56 Å². The fraction of sp³-hybridized carbons (Fsp3) is 0.568. The summed E-state index contributed by atoms with van der Waals surface area (Å²) < 4.78 is 22.9. The number of aliphatic hydroxyl groups is 2. The highest BCUT2D eigenvalue weighted by atomic mass is 16.7. The van der Waals surface area contributed by atoms with Crippen molar-refractivity contribution >= 4 is 23.9 Å². The van der Waals surface area contributed by atoms with Crippen LogP contribution in [0.4, 0.5) is 4.79 Å². The van der Waals surface area contributed by atoms with E-state index in [9.17, 15) is 29.4 Å². The number of aliphatic hydroxyl groups excluding tert-OH is 2. The van der Waals surface area contributed by atoms with Crippen LogP contribution < -0.4 is 16.0 Å². The summed E-state index contributed by atoms with van der Waals surface area (Å²) in [7, 11) is 0.